The second kappa shape index (κ2) is 22.0. The van der Waals surface area contributed by atoms with E-state index in [0.717, 1.165) is 51.6 Å². The summed E-state index contributed by atoms with van der Waals surface area (Å²) in [6.45, 7) is 19.5. The number of carbonyl (C=O) groups excluding carboxylic acids is 3. The maximum Gasteiger partial charge on any atom is 0.417 e. The Bertz CT molecular complexity index is 1220. The third-order valence-corrected chi connectivity index (χ3v) is 6.38. The van der Waals surface area contributed by atoms with Gasteiger partial charge in [0.25, 0.3) is 0 Å². The van der Waals surface area contributed by atoms with E-state index < -0.39 is 35.1 Å². The second-order valence-corrected chi connectivity index (χ2v) is 14.8. The van der Waals surface area contributed by atoms with Gasteiger partial charge < -0.3 is 29.6 Å². The molecule has 0 atom stereocenters. The number of carbonyl (C=O) groups is 3. The Morgan fingerprint density at radius 3 is 1.84 bits per heavy atom. The number of guanidine groups is 1. The number of ether oxygens (including phenoxy) is 4. The first-order chi connectivity index (χ1) is 23.3. The third-order valence-electron chi connectivity index (χ3n) is 6.38. The number of amides is 3. The van der Waals surface area contributed by atoms with E-state index >= 15 is 0 Å². The van der Waals surface area contributed by atoms with Gasteiger partial charge in [-0.15, -0.1) is 0 Å². The number of likely N-dealkylation sites (N-methyl/N-ethyl adjacent to an activating group) is 1. The van der Waals surface area contributed by atoms with E-state index in [0.29, 0.717) is 31.0 Å². The van der Waals surface area contributed by atoms with Crippen LogP contribution in [0.25, 0.3) is 0 Å². The molecular formula is C36H63N7O7. The Kier molecular flexibility index (Phi) is 19.4. The lowest BCUT2D eigenvalue weighted by Gasteiger charge is -2.29. The molecule has 1 rings (SSSR count). The minimum atomic E-state index is -0.708. The first-order valence-electron chi connectivity index (χ1n) is 17.5. The molecular weight excluding hydrogens is 642 g/mol. The summed E-state index contributed by atoms with van der Waals surface area (Å²) >= 11 is 0. The monoisotopic (exact) mass is 705 g/mol. The van der Waals surface area contributed by atoms with Gasteiger partial charge >= 0.3 is 18.3 Å². The van der Waals surface area contributed by atoms with E-state index in [-0.39, 0.29) is 18.3 Å². The molecule has 0 saturated heterocycles. The van der Waals surface area contributed by atoms with Crippen LogP contribution < -0.4 is 26.0 Å². The highest BCUT2D eigenvalue weighted by molar-refractivity contribution is 6.04. The Labute approximate surface area is 299 Å². The zero-order chi connectivity index (χ0) is 37.8. The summed E-state index contributed by atoms with van der Waals surface area (Å²) in [4.78, 5) is 43.4. The van der Waals surface area contributed by atoms with E-state index in [1.807, 2.05) is 0 Å². The lowest BCUT2D eigenvalue weighted by atomic mass is 10.1. The largest absolute Gasteiger partial charge is 0.494 e. The van der Waals surface area contributed by atoms with Crippen LogP contribution in [0.3, 0.4) is 0 Å². The number of benzene rings is 1. The Balaban J connectivity index is 2.39. The zero-order valence-electron chi connectivity index (χ0n) is 32.0. The highest BCUT2D eigenvalue weighted by Crippen LogP contribution is 2.14. The number of rotatable bonds is 17. The van der Waals surface area contributed by atoms with Crippen LogP contribution in [-0.4, -0.2) is 98.2 Å². The molecule has 284 valence electrons. The van der Waals surface area contributed by atoms with E-state index in [2.05, 4.69) is 26.3 Å². The fourth-order valence-electron chi connectivity index (χ4n) is 4.20. The summed E-state index contributed by atoms with van der Waals surface area (Å²) < 4.78 is 22.0. The number of aliphatic imine (C=N–C) groups is 1. The number of unbranched alkanes of at least 4 members (excludes halogenated alkanes) is 4. The molecule has 14 nitrogen and oxygen atoms in total. The molecule has 3 amide bonds. The quantitative estimate of drug-likeness (QED) is 0.0548. The van der Waals surface area contributed by atoms with Gasteiger partial charge in [-0.05, 0) is 126 Å². The predicted molar refractivity (Wildman–Crippen MR) is 197 cm³/mol. The number of nitrogens with one attached hydrogen (secondary N) is 5. The summed E-state index contributed by atoms with van der Waals surface area (Å²) in [5.41, 5.74) is -1.49. The number of hydrogen-bond donors (Lipinski definition) is 5. The van der Waals surface area contributed by atoms with Crippen molar-refractivity contribution in [2.75, 3.05) is 46.4 Å². The lowest BCUT2D eigenvalue weighted by molar-refractivity contribution is 0.0359. The topological polar surface area (TPSA) is 176 Å². The first kappa shape index (κ1) is 44.1. The summed E-state index contributed by atoms with van der Waals surface area (Å²) in [5, 5.41) is 19.6. The molecule has 14 heteroatoms. The molecule has 0 unspecified atom stereocenters. The van der Waals surface area contributed by atoms with Gasteiger partial charge in [0.05, 0.1) is 6.61 Å². The molecule has 0 heterocycles. The molecule has 0 saturated carbocycles. The van der Waals surface area contributed by atoms with Crippen LogP contribution in [0.15, 0.2) is 29.3 Å². The fourth-order valence-corrected chi connectivity index (χ4v) is 4.20. The lowest BCUT2D eigenvalue weighted by Crippen LogP contribution is -2.51. The molecule has 5 N–H and O–H groups in total. The van der Waals surface area contributed by atoms with E-state index in [1.54, 1.807) is 93.6 Å². The molecule has 0 aliphatic rings. The Morgan fingerprint density at radius 1 is 0.720 bits per heavy atom. The van der Waals surface area contributed by atoms with E-state index in [1.165, 1.54) is 4.90 Å². The normalized spacial score (nSPS) is 12.2. The third kappa shape index (κ3) is 21.9. The number of alkyl carbamates (subject to hydrolysis) is 2. The first-order valence-corrected chi connectivity index (χ1v) is 17.5. The summed E-state index contributed by atoms with van der Waals surface area (Å²) in [5.74, 6) is 0.779. The zero-order valence-corrected chi connectivity index (χ0v) is 32.0. The van der Waals surface area contributed by atoms with Crippen molar-refractivity contribution in [1.29, 1.82) is 5.41 Å². The summed E-state index contributed by atoms with van der Waals surface area (Å²) in [7, 11) is 1.78. The SMILES string of the molecule is CNCCN(C(=O)OC(C)(C)C)C(=NCCCCCCCNCCCOc1ccc(C(=N)NC(=O)OC(C)(C)C)cc1)NC(=O)OC(C)(C)C. The van der Waals surface area contributed by atoms with Gasteiger partial charge in [0.15, 0.2) is 0 Å². The van der Waals surface area contributed by atoms with Crippen LogP contribution in [0.1, 0.15) is 106 Å². The molecule has 0 spiro atoms. The fraction of sp³-hybridized carbons (Fsp3) is 0.694. The van der Waals surface area contributed by atoms with Crippen LogP contribution in [0.2, 0.25) is 0 Å². The molecule has 0 fully saturated rings. The molecule has 1 aromatic carbocycles. The van der Waals surface area contributed by atoms with Gasteiger partial charge in [-0.3, -0.25) is 21.0 Å². The van der Waals surface area contributed by atoms with Gasteiger partial charge in [0, 0.05) is 25.2 Å². The summed E-state index contributed by atoms with van der Waals surface area (Å²) in [6, 6.07) is 7.00. The second-order valence-electron chi connectivity index (χ2n) is 14.8. The van der Waals surface area contributed by atoms with Crippen molar-refractivity contribution in [1.82, 2.24) is 26.2 Å². The Morgan fingerprint density at radius 2 is 1.26 bits per heavy atom. The minimum absolute atomic E-state index is 0.0346. The van der Waals surface area contributed by atoms with Gasteiger partial charge in [0.2, 0.25) is 5.96 Å². The molecule has 0 aliphatic carbocycles. The highest BCUT2D eigenvalue weighted by Gasteiger charge is 2.28. The van der Waals surface area contributed by atoms with Crippen molar-refractivity contribution in [2.45, 2.75) is 118 Å². The predicted octanol–water partition coefficient (Wildman–Crippen LogP) is 6.18. The van der Waals surface area contributed by atoms with Gasteiger partial charge in [0.1, 0.15) is 28.4 Å². The van der Waals surface area contributed by atoms with Crippen LogP contribution in [0.4, 0.5) is 14.4 Å². The van der Waals surface area contributed by atoms with E-state index in [4.69, 9.17) is 24.4 Å². The van der Waals surface area contributed by atoms with Crippen LogP contribution >= 0.6 is 0 Å². The van der Waals surface area contributed by atoms with Crippen LogP contribution in [-0.2, 0) is 14.2 Å². The number of hydrogen-bond acceptors (Lipinski definition) is 11. The van der Waals surface area contributed by atoms with Crippen molar-refractivity contribution < 1.29 is 33.3 Å². The maximum absolute atomic E-state index is 13.0. The van der Waals surface area contributed by atoms with Crippen molar-refractivity contribution in [3.05, 3.63) is 29.8 Å². The van der Waals surface area contributed by atoms with Crippen LogP contribution in [0.5, 0.6) is 5.75 Å². The molecule has 0 radical (unpaired) electrons. The molecule has 50 heavy (non-hydrogen) atoms. The van der Waals surface area contributed by atoms with Crippen molar-refractivity contribution >= 4 is 30.1 Å². The average molecular weight is 706 g/mol. The maximum atomic E-state index is 13.0. The standard InChI is InChI=1S/C36H63N7O7/c1-34(2,3)48-31(44)41-29(37)27-17-19-28(20-18-27)47-26-16-22-39-21-14-12-11-13-15-23-40-30(42-32(45)49-35(4,5)6)43(25-24-38-10)33(46)50-36(7,8)9/h17-20,38-39H,11-16,21-26H2,1-10H3,(H2,37,41,44)(H,40,42,45). The number of amidine groups is 1. The molecule has 1 aromatic rings. The van der Waals surface area contributed by atoms with Crippen LogP contribution in [0, 0.1) is 5.41 Å². The molecule has 0 aliphatic heterocycles. The van der Waals surface area contributed by atoms with E-state index in [9.17, 15) is 14.4 Å². The number of nitrogens with zero attached hydrogens (tertiary/aromatic N) is 2. The smallest absolute Gasteiger partial charge is 0.417 e. The Hall–Kier alpha value is -3.91. The van der Waals surface area contributed by atoms with Crippen molar-refractivity contribution in [2.24, 2.45) is 4.99 Å². The average Bonchev–Trinajstić information content (AvgIpc) is 2.96. The van der Waals surface area contributed by atoms with Crippen molar-refractivity contribution in [3.8, 4) is 5.75 Å². The molecule has 0 aromatic heterocycles. The minimum Gasteiger partial charge on any atom is -0.494 e. The molecule has 0 bridgehead atoms. The summed E-state index contributed by atoms with van der Waals surface area (Å²) in [6.07, 6.45) is 3.86. The van der Waals surface area contributed by atoms with Gasteiger partial charge in [-0.25, -0.2) is 19.3 Å². The highest BCUT2D eigenvalue weighted by atomic mass is 16.6. The van der Waals surface area contributed by atoms with Crippen molar-refractivity contribution in [3.63, 3.8) is 0 Å². The van der Waals surface area contributed by atoms with Gasteiger partial charge in [-0.2, -0.15) is 0 Å². The van der Waals surface area contributed by atoms with Gasteiger partial charge in [-0.1, -0.05) is 19.3 Å².